The summed E-state index contributed by atoms with van der Waals surface area (Å²) in [6, 6.07) is -0.0857. The van der Waals surface area contributed by atoms with Crippen LogP contribution in [0.1, 0.15) is 31.2 Å². The standard InChI is InChI=1S/C12H20N4O/c1-7-5-4-6-13-10(7)12(17)14-11-8(2)15-16-9(11)3/h7,10,13H,4-6H2,1-3H3,(H,14,17)(H,15,16). The molecule has 2 rings (SSSR count). The molecule has 1 aliphatic heterocycles. The largest absolute Gasteiger partial charge is 0.322 e. The molecule has 2 unspecified atom stereocenters. The van der Waals surface area contributed by atoms with Crippen LogP contribution in [0.25, 0.3) is 0 Å². The Kier molecular flexibility index (Phi) is 3.47. The third-order valence-corrected chi connectivity index (χ3v) is 3.43. The van der Waals surface area contributed by atoms with Crippen molar-refractivity contribution < 1.29 is 4.79 Å². The number of anilines is 1. The maximum Gasteiger partial charge on any atom is 0.241 e. The second-order valence-corrected chi connectivity index (χ2v) is 4.85. The number of aromatic amines is 1. The Morgan fingerprint density at radius 1 is 1.47 bits per heavy atom. The number of hydrogen-bond acceptors (Lipinski definition) is 3. The molecule has 1 aromatic heterocycles. The lowest BCUT2D eigenvalue weighted by atomic mass is 9.92. The van der Waals surface area contributed by atoms with Gasteiger partial charge in [0.15, 0.2) is 0 Å². The van der Waals surface area contributed by atoms with Crippen LogP contribution < -0.4 is 10.6 Å². The maximum atomic E-state index is 12.2. The molecule has 1 aliphatic rings. The van der Waals surface area contributed by atoms with E-state index in [4.69, 9.17) is 0 Å². The molecule has 0 spiro atoms. The zero-order chi connectivity index (χ0) is 12.4. The average molecular weight is 236 g/mol. The van der Waals surface area contributed by atoms with E-state index in [1.54, 1.807) is 0 Å². The second kappa shape index (κ2) is 4.87. The minimum atomic E-state index is -0.0857. The summed E-state index contributed by atoms with van der Waals surface area (Å²) < 4.78 is 0. The van der Waals surface area contributed by atoms with Gasteiger partial charge in [-0.2, -0.15) is 5.10 Å². The lowest BCUT2D eigenvalue weighted by Crippen LogP contribution is -2.48. The van der Waals surface area contributed by atoms with Gasteiger partial charge in [0.1, 0.15) is 0 Å². The number of hydrogen-bond donors (Lipinski definition) is 3. The topological polar surface area (TPSA) is 69.8 Å². The van der Waals surface area contributed by atoms with Gasteiger partial charge in [-0.05, 0) is 39.2 Å². The average Bonchev–Trinajstić information content (AvgIpc) is 2.61. The monoisotopic (exact) mass is 236 g/mol. The molecular formula is C12H20N4O. The van der Waals surface area contributed by atoms with Crippen LogP contribution in [0, 0.1) is 19.8 Å². The first kappa shape index (κ1) is 12.1. The Bertz CT molecular complexity index is 393. The molecule has 1 saturated heterocycles. The molecule has 1 fully saturated rings. The number of H-pyrrole nitrogens is 1. The summed E-state index contributed by atoms with van der Waals surface area (Å²) in [6.07, 6.45) is 2.25. The Balaban J connectivity index is 2.06. The number of piperidine rings is 1. The van der Waals surface area contributed by atoms with Gasteiger partial charge in [0.25, 0.3) is 0 Å². The number of aromatic nitrogens is 2. The normalized spacial score (nSPS) is 24.6. The summed E-state index contributed by atoms with van der Waals surface area (Å²) in [5, 5.41) is 13.2. The number of carbonyl (C=O) groups is 1. The van der Waals surface area contributed by atoms with Gasteiger partial charge in [-0.1, -0.05) is 6.92 Å². The minimum Gasteiger partial charge on any atom is -0.322 e. The van der Waals surface area contributed by atoms with Gasteiger partial charge < -0.3 is 10.6 Å². The summed E-state index contributed by atoms with van der Waals surface area (Å²) >= 11 is 0. The lowest BCUT2D eigenvalue weighted by Gasteiger charge is -2.28. The molecule has 3 N–H and O–H groups in total. The van der Waals surface area contributed by atoms with E-state index in [1.807, 2.05) is 13.8 Å². The number of nitrogens with zero attached hydrogens (tertiary/aromatic N) is 1. The van der Waals surface area contributed by atoms with E-state index in [2.05, 4.69) is 27.8 Å². The molecular weight excluding hydrogens is 216 g/mol. The molecule has 0 aliphatic carbocycles. The van der Waals surface area contributed by atoms with E-state index in [0.717, 1.165) is 36.5 Å². The van der Waals surface area contributed by atoms with Crippen LogP contribution >= 0.6 is 0 Å². The van der Waals surface area contributed by atoms with Crippen molar-refractivity contribution in [3.05, 3.63) is 11.4 Å². The number of amides is 1. The quantitative estimate of drug-likeness (QED) is 0.726. The maximum absolute atomic E-state index is 12.2. The second-order valence-electron chi connectivity index (χ2n) is 4.85. The van der Waals surface area contributed by atoms with Crippen molar-refractivity contribution in [1.29, 1.82) is 0 Å². The van der Waals surface area contributed by atoms with Gasteiger partial charge in [-0.3, -0.25) is 9.89 Å². The van der Waals surface area contributed by atoms with Gasteiger partial charge in [-0.25, -0.2) is 0 Å². The van der Waals surface area contributed by atoms with Crippen molar-refractivity contribution in [3.8, 4) is 0 Å². The molecule has 94 valence electrons. The van der Waals surface area contributed by atoms with Crippen LogP contribution in [0.3, 0.4) is 0 Å². The highest BCUT2D eigenvalue weighted by Crippen LogP contribution is 2.20. The highest BCUT2D eigenvalue weighted by Gasteiger charge is 2.28. The van der Waals surface area contributed by atoms with Crippen LogP contribution in [0.5, 0.6) is 0 Å². The van der Waals surface area contributed by atoms with Crippen molar-refractivity contribution >= 4 is 11.6 Å². The van der Waals surface area contributed by atoms with Crippen LogP contribution in [0.4, 0.5) is 5.69 Å². The van der Waals surface area contributed by atoms with Crippen LogP contribution in [-0.4, -0.2) is 28.7 Å². The molecule has 1 amide bonds. The molecule has 17 heavy (non-hydrogen) atoms. The van der Waals surface area contributed by atoms with Crippen molar-refractivity contribution in [2.24, 2.45) is 5.92 Å². The molecule has 5 nitrogen and oxygen atoms in total. The van der Waals surface area contributed by atoms with Crippen LogP contribution in [0.15, 0.2) is 0 Å². The smallest absolute Gasteiger partial charge is 0.241 e. The van der Waals surface area contributed by atoms with Gasteiger partial charge in [0.05, 0.1) is 23.1 Å². The van der Waals surface area contributed by atoms with Crippen molar-refractivity contribution in [3.63, 3.8) is 0 Å². The van der Waals surface area contributed by atoms with E-state index in [0.29, 0.717) is 5.92 Å². The van der Waals surface area contributed by atoms with Gasteiger partial charge in [0, 0.05) is 0 Å². The van der Waals surface area contributed by atoms with E-state index in [9.17, 15) is 4.79 Å². The highest BCUT2D eigenvalue weighted by atomic mass is 16.2. The molecule has 0 bridgehead atoms. The fourth-order valence-electron chi connectivity index (χ4n) is 2.34. The Morgan fingerprint density at radius 2 is 2.24 bits per heavy atom. The molecule has 2 heterocycles. The fourth-order valence-corrected chi connectivity index (χ4v) is 2.34. The fraction of sp³-hybridized carbons (Fsp3) is 0.667. The Labute approximate surface area is 101 Å². The molecule has 2 atom stereocenters. The first-order valence-electron chi connectivity index (χ1n) is 6.15. The summed E-state index contributed by atoms with van der Waals surface area (Å²) in [4.78, 5) is 12.2. The molecule has 0 radical (unpaired) electrons. The number of rotatable bonds is 2. The van der Waals surface area contributed by atoms with Crippen molar-refractivity contribution in [2.45, 2.75) is 39.7 Å². The zero-order valence-corrected chi connectivity index (χ0v) is 10.6. The number of aryl methyl sites for hydroxylation is 2. The first-order valence-corrected chi connectivity index (χ1v) is 6.15. The summed E-state index contributed by atoms with van der Waals surface area (Å²) in [5.74, 6) is 0.432. The minimum absolute atomic E-state index is 0.0461. The first-order chi connectivity index (χ1) is 8.09. The lowest BCUT2D eigenvalue weighted by molar-refractivity contribution is -0.119. The third kappa shape index (κ3) is 2.49. The van der Waals surface area contributed by atoms with E-state index < -0.39 is 0 Å². The summed E-state index contributed by atoms with van der Waals surface area (Å²) in [7, 11) is 0. The number of carbonyl (C=O) groups excluding carboxylic acids is 1. The summed E-state index contributed by atoms with van der Waals surface area (Å²) in [6.45, 7) is 6.83. The Hall–Kier alpha value is -1.36. The molecule has 1 aromatic rings. The SMILES string of the molecule is Cc1n[nH]c(C)c1NC(=O)C1NCCCC1C. The van der Waals surface area contributed by atoms with E-state index >= 15 is 0 Å². The van der Waals surface area contributed by atoms with E-state index in [1.165, 1.54) is 0 Å². The predicted molar refractivity (Wildman–Crippen MR) is 66.9 cm³/mol. The predicted octanol–water partition coefficient (Wildman–Crippen LogP) is 1.35. The van der Waals surface area contributed by atoms with Crippen LogP contribution in [0.2, 0.25) is 0 Å². The highest BCUT2D eigenvalue weighted by molar-refractivity contribution is 5.96. The van der Waals surface area contributed by atoms with Crippen molar-refractivity contribution in [2.75, 3.05) is 11.9 Å². The zero-order valence-electron chi connectivity index (χ0n) is 10.6. The third-order valence-electron chi connectivity index (χ3n) is 3.43. The van der Waals surface area contributed by atoms with Crippen LogP contribution in [-0.2, 0) is 4.79 Å². The molecule has 0 aromatic carbocycles. The van der Waals surface area contributed by atoms with Gasteiger partial charge >= 0.3 is 0 Å². The molecule has 0 saturated carbocycles. The van der Waals surface area contributed by atoms with E-state index in [-0.39, 0.29) is 11.9 Å². The molecule has 5 heteroatoms. The van der Waals surface area contributed by atoms with Crippen molar-refractivity contribution in [1.82, 2.24) is 15.5 Å². The number of nitrogens with one attached hydrogen (secondary N) is 3. The van der Waals surface area contributed by atoms with Gasteiger partial charge in [-0.15, -0.1) is 0 Å². The summed E-state index contributed by atoms with van der Waals surface area (Å²) in [5.41, 5.74) is 2.55. The Morgan fingerprint density at radius 3 is 2.82 bits per heavy atom. The van der Waals surface area contributed by atoms with Gasteiger partial charge in [0.2, 0.25) is 5.91 Å².